The third-order valence-corrected chi connectivity index (χ3v) is 4.61. The van der Waals surface area contributed by atoms with Gasteiger partial charge in [-0.05, 0) is 43.7 Å². The van der Waals surface area contributed by atoms with E-state index in [1.54, 1.807) is 18.2 Å². The molecule has 4 nitrogen and oxygen atoms in total. The number of aryl methyl sites for hydroxylation is 1. The number of aromatic nitrogens is 2. The van der Waals surface area contributed by atoms with Crippen molar-refractivity contribution in [2.75, 3.05) is 5.73 Å². The Morgan fingerprint density at radius 1 is 1.16 bits per heavy atom. The molecule has 0 unspecified atom stereocenters. The van der Waals surface area contributed by atoms with Crippen LogP contribution in [0.15, 0.2) is 23.1 Å². The summed E-state index contributed by atoms with van der Waals surface area (Å²) in [4.78, 5) is 0.0970. The quantitative estimate of drug-likeness (QED) is 0.676. The minimum absolute atomic E-state index is 0.0970. The van der Waals surface area contributed by atoms with E-state index in [2.05, 4.69) is 5.10 Å². The lowest BCUT2D eigenvalue weighted by atomic mass is 9.97. The van der Waals surface area contributed by atoms with Gasteiger partial charge in [0.15, 0.2) is 0 Å². The minimum Gasteiger partial charge on any atom is -0.384 e. The fourth-order valence-corrected chi connectivity index (χ4v) is 3.24. The van der Waals surface area contributed by atoms with Crippen molar-refractivity contribution in [1.82, 2.24) is 9.61 Å². The van der Waals surface area contributed by atoms with Crippen molar-refractivity contribution in [3.05, 3.63) is 23.9 Å². The highest BCUT2D eigenvalue weighted by Gasteiger charge is 2.32. The molecule has 0 aromatic carbocycles. The van der Waals surface area contributed by atoms with Crippen LogP contribution in [-0.4, -0.2) is 21.2 Å². The van der Waals surface area contributed by atoms with E-state index >= 15 is 0 Å². The number of nitrogens with zero attached hydrogens (tertiary/aromatic N) is 2. The monoisotopic (exact) mass is 376 g/mol. The van der Waals surface area contributed by atoms with E-state index in [0.29, 0.717) is 23.1 Å². The number of alkyl halides is 3. The lowest BCUT2D eigenvalue weighted by Gasteiger charge is -2.15. The van der Waals surface area contributed by atoms with E-state index in [-0.39, 0.29) is 16.7 Å². The van der Waals surface area contributed by atoms with Gasteiger partial charge < -0.3 is 11.5 Å². The van der Waals surface area contributed by atoms with Crippen LogP contribution < -0.4 is 11.5 Å². The molecule has 142 valence electrons. The van der Waals surface area contributed by atoms with E-state index in [1.807, 2.05) is 13.8 Å². The van der Waals surface area contributed by atoms with Gasteiger partial charge in [0.2, 0.25) is 0 Å². The Bertz CT molecular complexity index is 649. The molecule has 0 atom stereocenters. The van der Waals surface area contributed by atoms with E-state index < -0.39 is 5.51 Å². The van der Waals surface area contributed by atoms with Crippen LogP contribution >= 0.6 is 11.8 Å². The molecule has 8 heteroatoms. The number of rotatable bonds is 1. The van der Waals surface area contributed by atoms with Crippen molar-refractivity contribution in [3.8, 4) is 0 Å². The molecule has 1 aliphatic rings. The zero-order chi connectivity index (χ0) is 19.0. The summed E-state index contributed by atoms with van der Waals surface area (Å²) in [6.45, 7) is 5.53. The Balaban J connectivity index is 0.000000290. The number of thioether (sulfide) groups is 1. The van der Waals surface area contributed by atoms with Crippen LogP contribution in [0.1, 0.15) is 51.6 Å². The Kier molecular flexibility index (Phi) is 8.58. The lowest BCUT2D eigenvalue weighted by Crippen LogP contribution is -2.22. The third-order valence-electron chi connectivity index (χ3n) is 3.67. The van der Waals surface area contributed by atoms with Crippen LogP contribution in [0.4, 0.5) is 19.0 Å². The standard InChI is InChI=1S/C9H8F3N3S.C6H13N.C2H6/c1-5-8(16-9(10,11)12)6-3-2-4-7(13)15(6)14-5;7-6-4-2-1-3-5-6;1-2/h2-4H,13H2,1H3;6H,1-5,7H2;1-2H3. The van der Waals surface area contributed by atoms with Gasteiger partial charge in [0.25, 0.3) is 0 Å². The van der Waals surface area contributed by atoms with Gasteiger partial charge in [0, 0.05) is 6.04 Å². The molecule has 2 aromatic heterocycles. The van der Waals surface area contributed by atoms with Gasteiger partial charge in [-0.2, -0.15) is 18.3 Å². The minimum atomic E-state index is -4.32. The number of hydrogen-bond donors (Lipinski definition) is 2. The van der Waals surface area contributed by atoms with Crippen LogP contribution in [-0.2, 0) is 0 Å². The number of halogens is 3. The first kappa shape index (κ1) is 21.6. The predicted octanol–water partition coefficient (Wildman–Crippen LogP) is 5.14. The van der Waals surface area contributed by atoms with E-state index in [1.165, 1.54) is 43.5 Å². The number of hydrogen-bond acceptors (Lipinski definition) is 4. The summed E-state index contributed by atoms with van der Waals surface area (Å²) in [5.41, 5.74) is 7.62. The Hall–Kier alpha value is -1.41. The smallest absolute Gasteiger partial charge is 0.384 e. The summed E-state index contributed by atoms with van der Waals surface area (Å²) >= 11 is -0.167. The normalized spacial score (nSPS) is 15.2. The topological polar surface area (TPSA) is 69.3 Å². The van der Waals surface area contributed by atoms with Gasteiger partial charge >= 0.3 is 5.51 Å². The molecule has 0 radical (unpaired) electrons. The molecular formula is C17H27F3N4S. The first-order valence-electron chi connectivity index (χ1n) is 8.53. The van der Waals surface area contributed by atoms with Crippen LogP contribution in [0.25, 0.3) is 5.52 Å². The van der Waals surface area contributed by atoms with E-state index in [0.717, 1.165) is 0 Å². The van der Waals surface area contributed by atoms with Gasteiger partial charge in [-0.3, -0.25) is 0 Å². The third kappa shape index (κ3) is 6.78. The van der Waals surface area contributed by atoms with E-state index in [4.69, 9.17) is 11.5 Å². The molecule has 0 bridgehead atoms. The summed E-state index contributed by atoms with van der Waals surface area (Å²) in [6.07, 6.45) is 6.66. The molecule has 3 rings (SSSR count). The zero-order valence-electron chi connectivity index (χ0n) is 14.9. The molecule has 4 N–H and O–H groups in total. The number of anilines is 1. The summed E-state index contributed by atoms with van der Waals surface area (Å²) in [6, 6.07) is 5.28. The second-order valence-electron chi connectivity index (χ2n) is 5.61. The SMILES string of the molecule is CC.Cc1nn2c(N)cccc2c1SC(F)(F)F.NC1CCCCC1. The summed E-state index contributed by atoms with van der Waals surface area (Å²) in [5, 5.41) is 3.97. The molecule has 0 spiro atoms. The highest BCUT2D eigenvalue weighted by atomic mass is 32.2. The van der Waals surface area contributed by atoms with E-state index in [9.17, 15) is 13.2 Å². The second-order valence-corrected chi connectivity index (χ2v) is 6.68. The van der Waals surface area contributed by atoms with Crippen molar-refractivity contribution in [2.24, 2.45) is 5.73 Å². The predicted molar refractivity (Wildman–Crippen MR) is 98.7 cm³/mol. The number of fused-ring (bicyclic) bond motifs is 1. The summed E-state index contributed by atoms with van der Waals surface area (Å²) < 4.78 is 38.3. The zero-order valence-corrected chi connectivity index (χ0v) is 15.8. The first-order chi connectivity index (χ1) is 11.8. The van der Waals surface area contributed by atoms with Gasteiger partial charge in [-0.15, -0.1) is 0 Å². The Labute approximate surface area is 151 Å². The fourth-order valence-electron chi connectivity index (χ4n) is 2.56. The number of pyridine rings is 1. The van der Waals surface area contributed by atoms with Crippen molar-refractivity contribution >= 4 is 23.1 Å². The molecule has 0 amide bonds. The molecular weight excluding hydrogens is 349 g/mol. The van der Waals surface area contributed by atoms with Gasteiger partial charge in [-0.25, -0.2) is 4.52 Å². The molecule has 25 heavy (non-hydrogen) atoms. The fraction of sp³-hybridized carbons (Fsp3) is 0.588. The molecule has 1 saturated carbocycles. The van der Waals surface area contributed by atoms with Crippen molar-refractivity contribution in [2.45, 2.75) is 69.3 Å². The average Bonchev–Trinajstić information content (AvgIpc) is 2.87. The maximum atomic E-state index is 12.3. The van der Waals surface area contributed by atoms with Crippen LogP contribution in [0.5, 0.6) is 0 Å². The van der Waals surface area contributed by atoms with Crippen molar-refractivity contribution < 1.29 is 13.2 Å². The summed E-state index contributed by atoms with van der Waals surface area (Å²) in [5.74, 6) is 0.314. The number of nitrogen functional groups attached to an aromatic ring is 1. The lowest BCUT2D eigenvalue weighted by molar-refractivity contribution is -0.0328. The molecule has 0 saturated heterocycles. The average molecular weight is 376 g/mol. The van der Waals surface area contributed by atoms with Crippen LogP contribution in [0.3, 0.4) is 0 Å². The maximum absolute atomic E-state index is 12.3. The highest BCUT2D eigenvalue weighted by molar-refractivity contribution is 8.00. The number of nitrogens with two attached hydrogens (primary N) is 2. The second kappa shape index (κ2) is 9.91. The van der Waals surface area contributed by atoms with Gasteiger partial charge in [0.1, 0.15) is 5.82 Å². The summed E-state index contributed by atoms with van der Waals surface area (Å²) in [7, 11) is 0. The maximum Gasteiger partial charge on any atom is 0.446 e. The van der Waals surface area contributed by atoms with Gasteiger partial charge in [0.05, 0.1) is 16.1 Å². The molecule has 1 fully saturated rings. The Morgan fingerprint density at radius 2 is 1.76 bits per heavy atom. The molecule has 2 aromatic rings. The largest absolute Gasteiger partial charge is 0.446 e. The van der Waals surface area contributed by atoms with Crippen molar-refractivity contribution in [3.63, 3.8) is 0 Å². The van der Waals surface area contributed by atoms with Gasteiger partial charge in [-0.1, -0.05) is 39.2 Å². The first-order valence-corrected chi connectivity index (χ1v) is 9.35. The Morgan fingerprint density at radius 3 is 2.24 bits per heavy atom. The highest BCUT2D eigenvalue weighted by Crippen LogP contribution is 2.40. The molecule has 2 heterocycles. The van der Waals surface area contributed by atoms with Crippen LogP contribution in [0, 0.1) is 6.92 Å². The van der Waals surface area contributed by atoms with Crippen LogP contribution in [0.2, 0.25) is 0 Å². The van der Waals surface area contributed by atoms with Crippen molar-refractivity contribution in [1.29, 1.82) is 0 Å². The molecule has 0 aliphatic heterocycles. The molecule has 1 aliphatic carbocycles.